The number of anilines is 3. The minimum Gasteiger partial charge on any atom is -0.467 e. The van der Waals surface area contributed by atoms with Crippen LogP contribution in [0.1, 0.15) is 0 Å². The number of nitrogen functional groups attached to an aromatic ring is 1. The molecule has 0 spiro atoms. The summed E-state index contributed by atoms with van der Waals surface area (Å²) in [4.78, 5) is 16.4. The highest BCUT2D eigenvalue weighted by molar-refractivity contribution is 7.16. The maximum absolute atomic E-state index is 5.30. The largest absolute Gasteiger partial charge is 0.467 e. The first-order valence-corrected chi connectivity index (χ1v) is 6.53. The fraction of sp³-hybridized carbons (Fsp3) is 0.0909. The second-order valence-corrected chi connectivity index (χ2v) is 4.66. The van der Waals surface area contributed by atoms with Crippen LogP contribution in [-0.4, -0.2) is 27.0 Å². The Morgan fingerprint density at radius 2 is 2.05 bits per heavy atom. The number of aromatic nitrogens is 4. The minimum absolute atomic E-state index is 0.175. The molecule has 102 valence electrons. The lowest BCUT2D eigenvalue weighted by Crippen LogP contribution is -2.13. The molecule has 8 nitrogen and oxygen atoms in total. The number of hydrazine groups is 1. The number of thiazole rings is 1. The number of nitrogens with zero attached hydrogens (tertiary/aromatic N) is 4. The van der Waals surface area contributed by atoms with Crippen molar-refractivity contribution in [2.45, 2.75) is 0 Å². The molecule has 0 saturated carbocycles. The first kappa shape index (κ1) is 12.5. The predicted octanol–water partition coefficient (Wildman–Crippen LogP) is 1.52. The summed E-state index contributed by atoms with van der Waals surface area (Å²) in [7, 11) is 1.47. The van der Waals surface area contributed by atoms with Crippen molar-refractivity contribution >= 4 is 39.1 Å². The summed E-state index contributed by atoms with van der Waals surface area (Å²) < 4.78 is 6.06. The van der Waals surface area contributed by atoms with Crippen molar-refractivity contribution in [2.24, 2.45) is 5.84 Å². The van der Waals surface area contributed by atoms with Crippen molar-refractivity contribution in [2.75, 3.05) is 17.9 Å². The molecule has 0 radical (unpaired) electrons. The summed E-state index contributed by atoms with van der Waals surface area (Å²) >= 11 is 1.57. The average molecular weight is 289 g/mol. The van der Waals surface area contributed by atoms with Crippen LogP contribution < -0.4 is 21.3 Å². The van der Waals surface area contributed by atoms with Crippen LogP contribution in [0.3, 0.4) is 0 Å². The van der Waals surface area contributed by atoms with E-state index in [9.17, 15) is 0 Å². The molecule has 0 saturated heterocycles. The molecule has 9 heteroatoms. The predicted molar refractivity (Wildman–Crippen MR) is 77.1 cm³/mol. The second kappa shape index (κ2) is 5.23. The first-order chi connectivity index (χ1) is 9.78. The van der Waals surface area contributed by atoms with Gasteiger partial charge in [-0.15, -0.1) is 11.3 Å². The van der Waals surface area contributed by atoms with E-state index >= 15 is 0 Å². The number of hydrogen-bond acceptors (Lipinski definition) is 9. The zero-order valence-corrected chi connectivity index (χ0v) is 11.3. The Bertz CT molecular complexity index is 722. The lowest BCUT2D eigenvalue weighted by molar-refractivity contribution is 0.379. The van der Waals surface area contributed by atoms with Gasteiger partial charge in [0.2, 0.25) is 11.9 Å². The SMILES string of the molecule is COc1nc(NN)nc(Nc2ccc3ncsc3c2)n1. The zero-order valence-electron chi connectivity index (χ0n) is 10.5. The van der Waals surface area contributed by atoms with Gasteiger partial charge in [0.1, 0.15) is 0 Å². The molecule has 1 aromatic carbocycles. The van der Waals surface area contributed by atoms with E-state index in [1.165, 1.54) is 7.11 Å². The Morgan fingerprint density at radius 3 is 2.85 bits per heavy atom. The number of ether oxygens (including phenoxy) is 1. The van der Waals surface area contributed by atoms with Crippen molar-refractivity contribution in [3.8, 4) is 6.01 Å². The monoisotopic (exact) mass is 289 g/mol. The summed E-state index contributed by atoms with van der Waals surface area (Å²) in [5.41, 5.74) is 5.97. The van der Waals surface area contributed by atoms with Gasteiger partial charge in [0, 0.05) is 5.69 Å². The highest BCUT2D eigenvalue weighted by Gasteiger charge is 2.07. The lowest BCUT2D eigenvalue weighted by Gasteiger charge is -2.07. The zero-order chi connectivity index (χ0) is 13.9. The summed E-state index contributed by atoms with van der Waals surface area (Å²) in [6.45, 7) is 0. The van der Waals surface area contributed by atoms with E-state index in [-0.39, 0.29) is 12.0 Å². The Balaban J connectivity index is 1.92. The van der Waals surface area contributed by atoms with Gasteiger partial charge in [-0.2, -0.15) is 15.0 Å². The molecule has 3 aromatic rings. The average Bonchev–Trinajstić information content (AvgIpc) is 2.94. The normalized spacial score (nSPS) is 10.5. The molecule has 3 rings (SSSR count). The van der Waals surface area contributed by atoms with Crippen LogP contribution in [-0.2, 0) is 0 Å². The van der Waals surface area contributed by atoms with Crippen molar-refractivity contribution in [1.29, 1.82) is 0 Å². The fourth-order valence-corrected chi connectivity index (χ4v) is 2.35. The van der Waals surface area contributed by atoms with Gasteiger partial charge in [-0.3, -0.25) is 5.43 Å². The van der Waals surface area contributed by atoms with Gasteiger partial charge in [-0.05, 0) is 18.2 Å². The van der Waals surface area contributed by atoms with Crippen LogP contribution in [0.2, 0.25) is 0 Å². The molecule has 2 aromatic heterocycles. The van der Waals surface area contributed by atoms with Crippen LogP contribution in [0.15, 0.2) is 23.7 Å². The van der Waals surface area contributed by atoms with Crippen molar-refractivity contribution in [3.05, 3.63) is 23.7 Å². The van der Waals surface area contributed by atoms with Gasteiger partial charge in [0.05, 0.1) is 22.8 Å². The maximum Gasteiger partial charge on any atom is 0.322 e. The molecule has 20 heavy (non-hydrogen) atoms. The van der Waals surface area contributed by atoms with Crippen molar-refractivity contribution in [3.63, 3.8) is 0 Å². The highest BCUT2D eigenvalue weighted by atomic mass is 32.1. The third-order valence-corrected chi connectivity index (χ3v) is 3.31. The molecule has 0 bridgehead atoms. The van der Waals surface area contributed by atoms with Gasteiger partial charge in [-0.25, -0.2) is 10.8 Å². The number of nitrogens with two attached hydrogens (primary N) is 1. The van der Waals surface area contributed by atoms with Crippen molar-refractivity contribution < 1.29 is 4.74 Å². The molecule has 0 aliphatic carbocycles. The molecule has 0 aliphatic rings. The van der Waals surface area contributed by atoms with Gasteiger partial charge in [-0.1, -0.05) is 0 Å². The van der Waals surface area contributed by atoms with Gasteiger partial charge >= 0.3 is 6.01 Å². The molecular weight excluding hydrogens is 278 g/mol. The molecule has 2 heterocycles. The van der Waals surface area contributed by atoms with Crippen molar-refractivity contribution in [1.82, 2.24) is 19.9 Å². The fourth-order valence-electron chi connectivity index (χ4n) is 1.63. The number of benzene rings is 1. The van der Waals surface area contributed by atoms with E-state index < -0.39 is 0 Å². The molecule has 0 aliphatic heterocycles. The molecule has 0 unspecified atom stereocenters. The van der Waals surface area contributed by atoms with Crippen LogP contribution in [0.25, 0.3) is 10.2 Å². The third kappa shape index (κ3) is 2.44. The van der Waals surface area contributed by atoms with Gasteiger partial charge in [0.15, 0.2) is 0 Å². The quantitative estimate of drug-likeness (QED) is 0.489. The van der Waals surface area contributed by atoms with Crippen LogP contribution in [0, 0.1) is 0 Å². The Labute approximate surface area is 118 Å². The van der Waals surface area contributed by atoms with Crippen LogP contribution >= 0.6 is 11.3 Å². The van der Waals surface area contributed by atoms with E-state index in [2.05, 4.69) is 30.7 Å². The highest BCUT2D eigenvalue weighted by Crippen LogP contribution is 2.23. The standard InChI is InChI=1S/C11H11N7OS/c1-19-11-16-9(15-10(17-11)18-12)14-6-2-3-7-8(4-6)20-5-13-7/h2-5H,12H2,1H3,(H2,14,15,16,17,18). The summed E-state index contributed by atoms with van der Waals surface area (Å²) in [6.07, 6.45) is 0. The van der Waals surface area contributed by atoms with E-state index in [1.54, 1.807) is 16.8 Å². The second-order valence-electron chi connectivity index (χ2n) is 3.77. The third-order valence-electron chi connectivity index (χ3n) is 2.51. The topological polar surface area (TPSA) is 111 Å². The molecule has 4 N–H and O–H groups in total. The first-order valence-electron chi connectivity index (χ1n) is 5.65. The Kier molecular flexibility index (Phi) is 3.27. The lowest BCUT2D eigenvalue weighted by atomic mass is 10.3. The number of rotatable bonds is 4. The minimum atomic E-state index is 0.175. The number of hydrogen-bond donors (Lipinski definition) is 3. The van der Waals surface area contributed by atoms with E-state index in [0.717, 1.165) is 15.9 Å². The Morgan fingerprint density at radius 1 is 1.20 bits per heavy atom. The number of fused-ring (bicyclic) bond motifs is 1. The number of methoxy groups -OCH3 is 1. The molecule has 0 fully saturated rings. The van der Waals surface area contributed by atoms with Gasteiger partial charge < -0.3 is 10.1 Å². The summed E-state index contributed by atoms with van der Waals surface area (Å²) in [6, 6.07) is 5.97. The Hall–Kier alpha value is -2.52. The van der Waals surface area contributed by atoms with E-state index in [0.29, 0.717) is 5.95 Å². The molecule has 0 atom stereocenters. The van der Waals surface area contributed by atoms with Gasteiger partial charge in [0.25, 0.3) is 0 Å². The number of nitrogens with one attached hydrogen (secondary N) is 2. The summed E-state index contributed by atoms with van der Waals surface area (Å²) in [5.74, 6) is 5.87. The maximum atomic E-state index is 5.30. The summed E-state index contributed by atoms with van der Waals surface area (Å²) in [5, 5.41) is 3.08. The smallest absolute Gasteiger partial charge is 0.322 e. The van der Waals surface area contributed by atoms with E-state index in [1.807, 2.05) is 18.2 Å². The van der Waals surface area contributed by atoms with Crippen LogP contribution in [0.4, 0.5) is 17.6 Å². The van der Waals surface area contributed by atoms with E-state index in [4.69, 9.17) is 10.6 Å². The molecular formula is C11H11N7OS. The van der Waals surface area contributed by atoms with Crippen LogP contribution in [0.5, 0.6) is 6.01 Å². The molecule has 0 amide bonds.